The van der Waals surface area contributed by atoms with Crippen LogP contribution in [0, 0.1) is 6.92 Å². The highest BCUT2D eigenvalue weighted by atomic mass is 35.5. The van der Waals surface area contributed by atoms with Gasteiger partial charge in [-0.25, -0.2) is 4.98 Å². The highest BCUT2D eigenvalue weighted by Gasteiger charge is 2.27. The van der Waals surface area contributed by atoms with Crippen LogP contribution in [-0.2, 0) is 11.2 Å². The Labute approximate surface area is 166 Å². The van der Waals surface area contributed by atoms with Crippen molar-refractivity contribution in [2.45, 2.75) is 45.3 Å². The van der Waals surface area contributed by atoms with E-state index < -0.39 is 0 Å². The molecule has 1 aromatic carbocycles. The first-order chi connectivity index (χ1) is 13.6. The maximum Gasteiger partial charge on any atom is 0.223 e. The van der Waals surface area contributed by atoms with Gasteiger partial charge in [0, 0.05) is 30.0 Å². The SMILES string of the molecule is Cc1nc(Cc2nc3cnc4ccc(Cl)cc4c3n2C2CCOC(C)C2)no1. The molecule has 4 heterocycles. The van der Waals surface area contributed by atoms with E-state index in [1.807, 2.05) is 24.4 Å². The molecule has 8 heteroatoms. The van der Waals surface area contributed by atoms with E-state index >= 15 is 0 Å². The van der Waals surface area contributed by atoms with E-state index in [0.29, 0.717) is 23.2 Å². The zero-order valence-corrected chi connectivity index (χ0v) is 16.5. The highest BCUT2D eigenvalue weighted by molar-refractivity contribution is 6.31. The van der Waals surface area contributed by atoms with Crippen molar-refractivity contribution in [3.8, 4) is 0 Å². The third-order valence-electron chi connectivity index (χ3n) is 5.26. The number of fused-ring (bicyclic) bond motifs is 3. The summed E-state index contributed by atoms with van der Waals surface area (Å²) < 4.78 is 13.3. The fourth-order valence-corrected chi connectivity index (χ4v) is 4.25. The van der Waals surface area contributed by atoms with Gasteiger partial charge >= 0.3 is 0 Å². The molecule has 0 radical (unpaired) electrons. The summed E-state index contributed by atoms with van der Waals surface area (Å²) in [6.45, 7) is 4.64. The van der Waals surface area contributed by atoms with Crippen molar-refractivity contribution >= 4 is 33.5 Å². The second-order valence-electron chi connectivity index (χ2n) is 7.32. The van der Waals surface area contributed by atoms with E-state index in [9.17, 15) is 0 Å². The predicted octanol–water partition coefficient (Wildman–Crippen LogP) is 4.26. The normalized spacial score (nSPS) is 20.2. The molecule has 0 spiro atoms. The van der Waals surface area contributed by atoms with Crippen LogP contribution in [0.25, 0.3) is 21.9 Å². The molecule has 3 aromatic heterocycles. The molecule has 2 atom stereocenters. The van der Waals surface area contributed by atoms with Crippen molar-refractivity contribution in [1.29, 1.82) is 0 Å². The van der Waals surface area contributed by atoms with E-state index in [4.69, 9.17) is 25.8 Å². The molecule has 0 bridgehead atoms. The lowest BCUT2D eigenvalue weighted by molar-refractivity contribution is 0.00630. The first kappa shape index (κ1) is 17.6. The average molecular weight is 398 g/mol. The van der Waals surface area contributed by atoms with Gasteiger partial charge in [0.05, 0.1) is 29.8 Å². The van der Waals surface area contributed by atoms with E-state index in [1.54, 1.807) is 6.92 Å². The molecule has 0 amide bonds. The number of ether oxygens (including phenoxy) is 1. The van der Waals surface area contributed by atoms with Crippen LogP contribution in [0.2, 0.25) is 5.02 Å². The van der Waals surface area contributed by atoms with Gasteiger partial charge in [-0.1, -0.05) is 16.8 Å². The Morgan fingerprint density at radius 1 is 1.25 bits per heavy atom. The van der Waals surface area contributed by atoms with Crippen molar-refractivity contribution in [2.24, 2.45) is 0 Å². The first-order valence-corrected chi connectivity index (χ1v) is 9.82. The number of hydrogen-bond acceptors (Lipinski definition) is 6. The molecule has 1 saturated heterocycles. The number of aromatic nitrogens is 5. The van der Waals surface area contributed by atoms with Crippen LogP contribution in [-0.4, -0.2) is 37.4 Å². The molecule has 1 aliphatic heterocycles. The fourth-order valence-electron chi connectivity index (χ4n) is 4.08. The number of halogens is 1. The molecular weight excluding hydrogens is 378 g/mol. The minimum Gasteiger partial charge on any atom is -0.378 e. The number of hydrogen-bond donors (Lipinski definition) is 0. The van der Waals surface area contributed by atoms with Crippen molar-refractivity contribution < 1.29 is 9.26 Å². The number of aryl methyl sites for hydroxylation is 1. The Morgan fingerprint density at radius 3 is 2.93 bits per heavy atom. The van der Waals surface area contributed by atoms with Crippen LogP contribution in [0.15, 0.2) is 28.9 Å². The third-order valence-corrected chi connectivity index (χ3v) is 5.49. The second-order valence-corrected chi connectivity index (χ2v) is 7.75. The van der Waals surface area contributed by atoms with Crippen molar-refractivity contribution in [3.63, 3.8) is 0 Å². The largest absolute Gasteiger partial charge is 0.378 e. The van der Waals surface area contributed by atoms with E-state index in [2.05, 4.69) is 26.6 Å². The molecule has 5 rings (SSSR count). The van der Waals surface area contributed by atoms with Gasteiger partial charge in [-0.15, -0.1) is 0 Å². The Hall–Kier alpha value is -2.51. The molecule has 28 heavy (non-hydrogen) atoms. The van der Waals surface area contributed by atoms with Crippen LogP contribution in [0.1, 0.15) is 43.3 Å². The molecule has 4 aromatic rings. The van der Waals surface area contributed by atoms with Gasteiger partial charge < -0.3 is 13.8 Å². The summed E-state index contributed by atoms with van der Waals surface area (Å²) in [5.41, 5.74) is 2.81. The number of imidazole rings is 1. The minimum absolute atomic E-state index is 0.202. The molecule has 7 nitrogen and oxygen atoms in total. The molecule has 1 aliphatic rings. The summed E-state index contributed by atoms with van der Waals surface area (Å²) >= 11 is 6.31. The van der Waals surface area contributed by atoms with E-state index in [-0.39, 0.29) is 12.1 Å². The van der Waals surface area contributed by atoms with Crippen molar-refractivity contribution in [1.82, 2.24) is 24.7 Å². The molecule has 0 saturated carbocycles. The van der Waals surface area contributed by atoms with Crippen LogP contribution in [0.4, 0.5) is 0 Å². The maximum absolute atomic E-state index is 6.31. The van der Waals surface area contributed by atoms with E-state index in [1.165, 1.54) is 0 Å². The highest BCUT2D eigenvalue weighted by Crippen LogP contribution is 2.34. The lowest BCUT2D eigenvalue weighted by atomic mass is 10.0. The number of pyridine rings is 1. The molecular formula is C20H20ClN5O2. The van der Waals surface area contributed by atoms with Crippen LogP contribution < -0.4 is 0 Å². The first-order valence-electron chi connectivity index (χ1n) is 9.44. The average Bonchev–Trinajstić information content (AvgIpc) is 3.25. The number of benzene rings is 1. The van der Waals surface area contributed by atoms with Gasteiger partial charge in [-0.05, 0) is 38.0 Å². The summed E-state index contributed by atoms with van der Waals surface area (Å²) in [6, 6.07) is 6.06. The Morgan fingerprint density at radius 2 is 2.14 bits per heavy atom. The van der Waals surface area contributed by atoms with Gasteiger partial charge in [0.25, 0.3) is 0 Å². The Bertz CT molecular complexity index is 1170. The quantitative estimate of drug-likeness (QED) is 0.514. The zero-order valence-electron chi connectivity index (χ0n) is 15.7. The smallest absolute Gasteiger partial charge is 0.223 e. The zero-order chi connectivity index (χ0) is 19.3. The van der Waals surface area contributed by atoms with Crippen LogP contribution in [0.5, 0.6) is 0 Å². The molecule has 144 valence electrons. The number of nitrogens with zero attached hydrogens (tertiary/aromatic N) is 5. The third kappa shape index (κ3) is 3.04. The van der Waals surface area contributed by atoms with Gasteiger partial charge in [0.1, 0.15) is 11.3 Å². The summed E-state index contributed by atoms with van der Waals surface area (Å²) in [6.07, 6.45) is 4.38. The summed E-state index contributed by atoms with van der Waals surface area (Å²) in [4.78, 5) is 13.8. The lowest BCUT2D eigenvalue weighted by Crippen LogP contribution is -2.26. The molecule has 0 N–H and O–H groups in total. The Kier molecular flexibility index (Phi) is 4.29. The molecule has 2 unspecified atom stereocenters. The lowest BCUT2D eigenvalue weighted by Gasteiger charge is -2.30. The summed E-state index contributed by atoms with van der Waals surface area (Å²) in [5.74, 6) is 2.09. The summed E-state index contributed by atoms with van der Waals surface area (Å²) in [5, 5.41) is 5.75. The van der Waals surface area contributed by atoms with Gasteiger partial charge in [0.2, 0.25) is 5.89 Å². The number of rotatable bonds is 3. The summed E-state index contributed by atoms with van der Waals surface area (Å²) in [7, 11) is 0. The van der Waals surface area contributed by atoms with Crippen molar-refractivity contribution in [2.75, 3.05) is 6.61 Å². The molecule has 1 fully saturated rings. The predicted molar refractivity (Wildman–Crippen MR) is 106 cm³/mol. The Balaban J connectivity index is 1.74. The van der Waals surface area contributed by atoms with Crippen LogP contribution in [0.3, 0.4) is 0 Å². The monoisotopic (exact) mass is 397 g/mol. The van der Waals surface area contributed by atoms with Crippen molar-refractivity contribution in [3.05, 3.63) is 47.0 Å². The second kappa shape index (κ2) is 6.83. The van der Waals surface area contributed by atoms with Gasteiger partial charge in [-0.3, -0.25) is 4.98 Å². The van der Waals surface area contributed by atoms with Gasteiger partial charge in [-0.2, -0.15) is 4.98 Å². The standard InChI is InChI=1S/C20H20ClN5O2/c1-11-7-14(5-6-27-11)26-19(9-18-23-12(2)28-25-18)24-17-10-22-16-4-3-13(21)8-15(16)20(17)26/h3-4,8,10-11,14H,5-7,9H2,1-2H3. The minimum atomic E-state index is 0.202. The van der Waals surface area contributed by atoms with E-state index in [0.717, 1.165) is 47.2 Å². The topological polar surface area (TPSA) is 78.9 Å². The van der Waals surface area contributed by atoms with Gasteiger partial charge in [0.15, 0.2) is 5.82 Å². The molecule has 0 aliphatic carbocycles. The van der Waals surface area contributed by atoms with Crippen LogP contribution >= 0.6 is 11.6 Å². The fraction of sp³-hybridized carbons (Fsp3) is 0.400. The maximum atomic E-state index is 6.31.